The number of piperidine rings is 1. The summed E-state index contributed by atoms with van der Waals surface area (Å²) in [7, 11) is -3.18. The molecular formula is C19H26ClN5O4S. The van der Waals surface area contributed by atoms with E-state index in [0.717, 1.165) is 19.3 Å². The van der Waals surface area contributed by atoms with Crippen molar-refractivity contribution >= 4 is 38.6 Å². The van der Waals surface area contributed by atoms with Gasteiger partial charge in [0.1, 0.15) is 10.7 Å². The van der Waals surface area contributed by atoms with Crippen LogP contribution in [0.2, 0.25) is 5.02 Å². The van der Waals surface area contributed by atoms with E-state index in [9.17, 15) is 18.3 Å². The average molecular weight is 456 g/mol. The van der Waals surface area contributed by atoms with E-state index in [0.29, 0.717) is 49.3 Å². The zero-order valence-corrected chi connectivity index (χ0v) is 18.4. The van der Waals surface area contributed by atoms with Crippen molar-refractivity contribution in [2.45, 2.75) is 56.7 Å². The lowest BCUT2D eigenvalue weighted by atomic mass is 9.92. The van der Waals surface area contributed by atoms with Gasteiger partial charge in [0.15, 0.2) is 0 Å². The number of halogens is 1. The van der Waals surface area contributed by atoms with Crippen LogP contribution in [0.15, 0.2) is 17.1 Å². The summed E-state index contributed by atoms with van der Waals surface area (Å²) in [5.74, 6) is 0.395. The van der Waals surface area contributed by atoms with Crippen LogP contribution in [-0.4, -0.2) is 63.9 Å². The van der Waals surface area contributed by atoms with Gasteiger partial charge in [0.05, 0.1) is 12.4 Å². The molecule has 2 aromatic heterocycles. The summed E-state index contributed by atoms with van der Waals surface area (Å²) < 4.78 is 26.4. The lowest BCUT2D eigenvalue weighted by Crippen LogP contribution is -2.42. The highest BCUT2D eigenvalue weighted by Gasteiger charge is 2.27. The minimum atomic E-state index is -3.18. The van der Waals surface area contributed by atoms with E-state index in [4.69, 9.17) is 11.6 Å². The van der Waals surface area contributed by atoms with Gasteiger partial charge in [-0.25, -0.2) is 17.7 Å². The number of fused-ring (bicyclic) bond motifs is 1. The molecule has 1 aliphatic heterocycles. The van der Waals surface area contributed by atoms with Gasteiger partial charge in [0, 0.05) is 36.8 Å². The molecule has 11 heteroatoms. The Morgan fingerprint density at radius 1 is 1.23 bits per heavy atom. The highest BCUT2D eigenvalue weighted by Crippen LogP contribution is 2.30. The fourth-order valence-corrected chi connectivity index (χ4v) is 5.47. The smallest absolute Gasteiger partial charge is 0.271 e. The fourth-order valence-electron chi connectivity index (χ4n) is 4.38. The van der Waals surface area contributed by atoms with Crippen LogP contribution in [0.25, 0.3) is 11.0 Å². The van der Waals surface area contributed by atoms with Gasteiger partial charge in [-0.2, -0.15) is 4.98 Å². The number of anilines is 1. The Balaban J connectivity index is 1.61. The topological polar surface area (TPSA) is 117 Å². The van der Waals surface area contributed by atoms with Gasteiger partial charge in [-0.3, -0.25) is 9.36 Å². The van der Waals surface area contributed by atoms with Crippen LogP contribution < -0.4 is 10.9 Å². The highest BCUT2D eigenvalue weighted by molar-refractivity contribution is 7.88. The number of hydrogen-bond acceptors (Lipinski definition) is 7. The van der Waals surface area contributed by atoms with Gasteiger partial charge in [0.25, 0.3) is 5.56 Å². The van der Waals surface area contributed by atoms with E-state index < -0.39 is 16.1 Å². The number of nitrogens with one attached hydrogen (secondary N) is 1. The second kappa shape index (κ2) is 8.41. The highest BCUT2D eigenvalue weighted by atomic mass is 35.5. The van der Waals surface area contributed by atoms with Crippen LogP contribution in [0, 0.1) is 0 Å². The van der Waals surface area contributed by atoms with Crippen molar-refractivity contribution in [3.05, 3.63) is 27.6 Å². The summed E-state index contributed by atoms with van der Waals surface area (Å²) in [5.41, 5.74) is 0.184. The molecule has 1 saturated carbocycles. The van der Waals surface area contributed by atoms with Crippen LogP contribution in [-0.2, 0) is 10.0 Å². The van der Waals surface area contributed by atoms with E-state index in [2.05, 4.69) is 15.3 Å². The minimum Gasteiger partial charge on any atom is -0.393 e. The van der Waals surface area contributed by atoms with Gasteiger partial charge in [-0.05, 0) is 44.6 Å². The molecule has 4 rings (SSSR count). The minimum absolute atomic E-state index is 0.0458. The largest absolute Gasteiger partial charge is 0.393 e. The third-order valence-electron chi connectivity index (χ3n) is 5.97. The van der Waals surface area contributed by atoms with Crippen LogP contribution >= 0.6 is 11.6 Å². The van der Waals surface area contributed by atoms with Gasteiger partial charge in [-0.1, -0.05) is 11.6 Å². The number of pyridine rings is 1. The van der Waals surface area contributed by atoms with Crippen LogP contribution in [0.5, 0.6) is 0 Å². The lowest BCUT2D eigenvalue weighted by molar-refractivity contribution is 0.104. The zero-order valence-electron chi connectivity index (χ0n) is 16.8. The number of hydrogen-bond donors (Lipinski definition) is 2. The molecule has 2 aromatic rings. The molecule has 0 aromatic carbocycles. The summed E-state index contributed by atoms with van der Waals surface area (Å²) in [6.07, 6.45) is 6.56. The third-order valence-corrected chi connectivity index (χ3v) is 7.54. The molecule has 2 aliphatic rings. The molecule has 0 bridgehead atoms. The summed E-state index contributed by atoms with van der Waals surface area (Å²) in [6, 6.07) is 1.45. The normalized spacial score (nSPS) is 24.2. The van der Waals surface area contributed by atoms with Gasteiger partial charge in [-0.15, -0.1) is 0 Å². The molecule has 1 unspecified atom stereocenters. The quantitative estimate of drug-likeness (QED) is 0.721. The van der Waals surface area contributed by atoms with Crippen molar-refractivity contribution in [2.24, 2.45) is 0 Å². The average Bonchev–Trinajstić information content (AvgIpc) is 2.69. The number of aliphatic hydroxyl groups is 1. The number of aliphatic hydroxyl groups excluding tert-OH is 1. The van der Waals surface area contributed by atoms with Crippen molar-refractivity contribution in [1.29, 1.82) is 0 Å². The number of rotatable bonds is 4. The molecule has 0 radical (unpaired) electrons. The Morgan fingerprint density at radius 2 is 1.97 bits per heavy atom. The predicted octanol–water partition coefficient (Wildman–Crippen LogP) is 1.76. The maximum atomic E-state index is 12.8. The fraction of sp³-hybridized carbons (Fsp3) is 0.632. The standard InChI is InChI=1S/C19H26ClN5O4S/c1-30(28,29)24-7-5-13(6-8-24)22-19-21-11-12-9-16(20)18(27)25(17(12)23-19)14-3-2-4-15(26)10-14/h9,11,13-15,26H,2-8,10H2,1H3,(H,21,22,23)/t14-,15?/m0/s1. The molecule has 0 spiro atoms. The molecule has 164 valence electrons. The monoisotopic (exact) mass is 455 g/mol. The number of nitrogens with zero attached hydrogens (tertiary/aromatic N) is 4. The molecule has 3 heterocycles. The molecule has 1 saturated heterocycles. The maximum absolute atomic E-state index is 12.8. The molecule has 9 nitrogen and oxygen atoms in total. The molecular weight excluding hydrogens is 430 g/mol. The molecule has 1 aliphatic carbocycles. The predicted molar refractivity (Wildman–Crippen MR) is 115 cm³/mol. The van der Waals surface area contributed by atoms with Crippen molar-refractivity contribution in [3.8, 4) is 0 Å². The summed E-state index contributed by atoms with van der Waals surface area (Å²) in [5, 5.41) is 14.1. The molecule has 2 fully saturated rings. The third kappa shape index (κ3) is 4.46. The van der Waals surface area contributed by atoms with Crippen molar-refractivity contribution in [1.82, 2.24) is 18.8 Å². The Labute approximate surface area is 180 Å². The number of aromatic nitrogens is 3. The van der Waals surface area contributed by atoms with Gasteiger partial charge < -0.3 is 10.4 Å². The second-order valence-electron chi connectivity index (χ2n) is 8.19. The van der Waals surface area contributed by atoms with E-state index in [1.165, 1.54) is 10.6 Å². The number of sulfonamides is 1. The molecule has 2 N–H and O–H groups in total. The Morgan fingerprint density at radius 3 is 2.63 bits per heavy atom. The SMILES string of the molecule is CS(=O)(=O)N1CCC(Nc2ncc3cc(Cl)c(=O)n([C@H]4CCCC(O)C4)c3n2)CC1. The Kier molecular flexibility index (Phi) is 6.02. The van der Waals surface area contributed by atoms with E-state index in [1.54, 1.807) is 16.8 Å². The van der Waals surface area contributed by atoms with E-state index >= 15 is 0 Å². The van der Waals surface area contributed by atoms with E-state index in [-0.39, 0.29) is 22.7 Å². The first-order chi connectivity index (χ1) is 14.2. The summed E-state index contributed by atoms with van der Waals surface area (Å²) in [6.45, 7) is 0.898. The summed E-state index contributed by atoms with van der Waals surface area (Å²) >= 11 is 6.17. The first-order valence-electron chi connectivity index (χ1n) is 10.2. The van der Waals surface area contributed by atoms with Gasteiger partial charge in [0.2, 0.25) is 16.0 Å². The van der Waals surface area contributed by atoms with E-state index in [1.807, 2.05) is 0 Å². The zero-order chi connectivity index (χ0) is 21.5. The summed E-state index contributed by atoms with van der Waals surface area (Å²) in [4.78, 5) is 21.8. The van der Waals surface area contributed by atoms with Crippen LogP contribution in [0.1, 0.15) is 44.6 Å². The first kappa shape index (κ1) is 21.5. The molecule has 30 heavy (non-hydrogen) atoms. The van der Waals surface area contributed by atoms with Crippen molar-refractivity contribution < 1.29 is 13.5 Å². The van der Waals surface area contributed by atoms with Crippen molar-refractivity contribution in [2.75, 3.05) is 24.7 Å². The first-order valence-corrected chi connectivity index (χ1v) is 12.4. The van der Waals surface area contributed by atoms with Crippen LogP contribution in [0.4, 0.5) is 5.95 Å². The van der Waals surface area contributed by atoms with Crippen molar-refractivity contribution in [3.63, 3.8) is 0 Å². The lowest BCUT2D eigenvalue weighted by Gasteiger charge is -2.31. The van der Waals surface area contributed by atoms with Gasteiger partial charge >= 0.3 is 0 Å². The molecule has 0 amide bonds. The second-order valence-corrected chi connectivity index (χ2v) is 10.6. The maximum Gasteiger partial charge on any atom is 0.271 e. The van der Waals surface area contributed by atoms with Crippen LogP contribution in [0.3, 0.4) is 0 Å². The molecule has 2 atom stereocenters. The Hall–Kier alpha value is -1.75. The Bertz CT molecular complexity index is 1100.